The number of carbonyl (C=O) groups excluding carboxylic acids is 1. The number of carbonyl (C=O) groups is 1. The molecule has 160 valence electrons. The molecule has 32 heavy (non-hydrogen) atoms. The van der Waals surface area contributed by atoms with E-state index in [4.69, 9.17) is 27.9 Å². The molecule has 1 heterocycles. The van der Waals surface area contributed by atoms with Crippen molar-refractivity contribution in [3.05, 3.63) is 99.8 Å². The number of nitrogens with zero attached hydrogens (tertiary/aromatic N) is 2. The van der Waals surface area contributed by atoms with E-state index in [9.17, 15) is 4.79 Å². The van der Waals surface area contributed by atoms with E-state index in [-0.39, 0.29) is 6.04 Å². The Labute approximate surface area is 196 Å². The molecule has 0 saturated carbocycles. The Kier molecular flexibility index (Phi) is 5.28. The summed E-state index contributed by atoms with van der Waals surface area (Å²) in [5, 5.41) is 2.43. The van der Waals surface area contributed by atoms with Gasteiger partial charge in [0.2, 0.25) is 0 Å². The molecule has 4 nitrogen and oxygen atoms in total. The Morgan fingerprint density at radius 3 is 2.22 bits per heavy atom. The van der Waals surface area contributed by atoms with Gasteiger partial charge < -0.3 is 4.74 Å². The molecule has 0 bridgehead atoms. The Balaban J connectivity index is 1.68. The summed E-state index contributed by atoms with van der Waals surface area (Å²) in [4.78, 5) is 19.5. The topological polar surface area (TPSA) is 42.4 Å². The maximum atomic E-state index is 13.2. The molecule has 0 aliphatic heterocycles. The summed E-state index contributed by atoms with van der Waals surface area (Å²) in [6.45, 7) is 1.94. The number of methoxy groups -OCH3 is 1. The first kappa shape index (κ1) is 20.8. The minimum absolute atomic E-state index is 0.305. The number of aromatic nitrogens is 1. The Hall–Kier alpha value is -3.08. The van der Waals surface area contributed by atoms with E-state index < -0.39 is 12.1 Å². The molecule has 4 aromatic rings. The van der Waals surface area contributed by atoms with Gasteiger partial charge in [-0.05, 0) is 46.7 Å². The highest BCUT2D eigenvalue weighted by Gasteiger charge is 2.39. The first-order valence-electron chi connectivity index (χ1n) is 10.3. The molecule has 3 aromatic carbocycles. The molecule has 1 aromatic heterocycles. The predicted molar refractivity (Wildman–Crippen MR) is 128 cm³/mol. The quantitative estimate of drug-likeness (QED) is 0.297. The number of benzene rings is 3. The molecule has 6 heteroatoms. The monoisotopic (exact) mass is 462 g/mol. The zero-order valence-electron chi connectivity index (χ0n) is 17.5. The van der Waals surface area contributed by atoms with E-state index in [0.717, 1.165) is 27.6 Å². The van der Waals surface area contributed by atoms with Crippen LogP contribution in [0, 0.1) is 0 Å². The van der Waals surface area contributed by atoms with Crippen molar-refractivity contribution in [1.82, 2.24) is 9.88 Å². The highest BCUT2D eigenvalue weighted by atomic mass is 35.5. The van der Waals surface area contributed by atoms with E-state index in [1.165, 1.54) is 7.11 Å². The average Bonchev–Trinajstić information content (AvgIpc) is 3.13. The summed E-state index contributed by atoms with van der Waals surface area (Å²) in [6.07, 6.45) is -0.432. The fourth-order valence-corrected chi connectivity index (χ4v) is 5.25. The van der Waals surface area contributed by atoms with E-state index in [0.29, 0.717) is 21.3 Å². The van der Waals surface area contributed by atoms with Crippen molar-refractivity contribution in [3.8, 4) is 11.1 Å². The second kappa shape index (κ2) is 8.12. The van der Waals surface area contributed by atoms with Crippen LogP contribution >= 0.6 is 23.2 Å². The summed E-state index contributed by atoms with van der Waals surface area (Å²) in [5.41, 5.74) is 5.01. The van der Waals surface area contributed by atoms with Gasteiger partial charge in [-0.15, -0.1) is 0 Å². The van der Waals surface area contributed by atoms with Gasteiger partial charge in [0.05, 0.1) is 29.9 Å². The molecule has 1 aliphatic carbocycles. The lowest BCUT2D eigenvalue weighted by atomic mass is 10.0. The Morgan fingerprint density at radius 1 is 0.969 bits per heavy atom. The van der Waals surface area contributed by atoms with Gasteiger partial charge in [0.15, 0.2) is 0 Å². The van der Waals surface area contributed by atoms with Crippen molar-refractivity contribution in [2.24, 2.45) is 0 Å². The van der Waals surface area contributed by atoms with Crippen LogP contribution in [0.25, 0.3) is 21.9 Å². The molecule has 0 N–H and O–H groups in total. The zero-order chi connectivity index (χ0) is 22.4. The van der Waals surface area contributed by atoms with E-state index in [1.807, 2.05) is 49.4 Å². The second-order valence-corrected chi connectivity index (χ2v) is 8.57. The van der Waals surface area contributed by atoms with Crippen LogP contribution in [-0.2, 0) is 4.74 Å². The molecule has 0 fully saturated rings. The van der Waals surface area contributed by atoms with Crippen LogP contribution in [0.3, 0.4) is 0 Å². The van der Waals surface area contributed by atoms with Crippen molar-refractivity contribution < 1.29 is 9.53 Å². The minimum Gasteiger partial charge on any atom is -0.453 e. The number of fused-ring (bicyclic) bond motifs is 4. The third kappa shape index (κ3) is 3.22. The maximum absolute atomic E-state index is 13.2. The molecular formula is C26H20Cl2N2O2. The number of halogens is 2. The van der Waals surface area contributed by atoms with Crippen LogP contribution in [0.15, 0.2) is 72.8 Å². The average molecular weight is 463 g/mol. The van der Waals surface area contributed by atoms with Gasteiger partial charge in [0.25, 0.3) is 0 Å². The molecule has 0 saturated heterocycles. The first-order valence-corrected chi connectivity index (χ1v) is 11.1. The number of rotatable bonds is 3. The van der Waals surface area contributed by atoms with E-state index in [1.54, 1.807) is 11.0 Å². The number of pyridine rings is 1. The van der Waals surface area contributed by atoms with Gasteiger partial charge in [0, 0.05) is 5.39 Å². The standard InChI is InChI=1S/C26H20Cl2N2O2/c1-15(22-14-16-8-7-13-21(27)23(16)25(28)29-22)30(26(31)32-2)24-19-11-5-3-9-17(19)18-10-4-6-12-20(18)24/h3-15,24H,1-2H3/t15-/m0/s1. The van der Waals surface area contributed by atoms with Crippen molar-refractivity contribution in [1.29, 1.82) is 0 Å². The van der Waals surface area contributed by atoms with E-state index >= 15 is 0 Å². The molecule has 1 atom stereocenters. The smallest absolute Gasteiger partial charge is 0.410 e. The van der Waals surface area contributed by atoms with Gasteiger partial charge >= 0.3 is 6.09 Å². The molecule has 0 spiro atoms. The number of amides is 1. The van der Waals surface area contributed by atoms with Crippen molar-refractivity contribution in [2.45, 2.75) is 19.0 Å². The Bertz CT molecular complexity index is 1310. The van der Waals surface area contributed by atoms with Gasteiger partial charge in [-0.25, -0.2) is 9.78 Å². The Morgan fingerprint density at radius 2 is 1.59 bits per heavy atom. The van der Waals surface area contributed by atoms with Crippen LogP contribution in [-0.4, -0.2) is 23.1 Å². The van der Waals surface area contributed by atoms with Crippen LogP contribution in [0.1, 0.15) is 35.8 Å². The summed E-state index contributed by atoms with van der Waals surface area (Å²) in [6, 6.07) is 23.1. The number of hydrogen-bond acceptors (Lipinski definition) is 3. The predicted octanol–water partition coefficient (Wildman–Crippen LogP) is 7.44. The molecule has 1 aliphatic rings. The van der Waals surface area contributed by atoms with Crippen molar-refractivity contribution >= 4 is 40.1 Å². The van der Waals surface area contributed by atoms with Crippen LogP contribution < -0.4 is 0 Å². The van der Waals surface area contributed by atoms with Crippen LogP contribution in [0.2, 0.25) is 10.2 Å². The second-order valence-electron chi connectivity index (χ2n) is 7.81. The fraction of sp³-hybridized carbons (Fsp3) is 0.154. The molecule has 0 unspecified atom stereocenters. The van der Waals surface area contributed by atoms with Crippen molar-refractivity contribution in [2.75, 3.05) is 7.11 Å². The van der Waals surface area contributed by atoms with Gasteiger partial charge in [-0.3, -0.25) is 4.90 Å². The third-order valence-corrected chi connectivity index (χ3v) is 6.68. The minimum atomic E-state index is -0.432. The fourth-order valence-electron chi connectivity index (χ4n) is 4.62. The lowest BCUT2D eigenvalue weighted by molar-refractivity contribution is 0.0934. The third-order valence-electron chi connectivity index (χ3n) is 6.09. The summed E-state index contributed by atoms with van der Waals surface area (Å²) in [7, 11) is 1.40. The van der Waals surface area contributed by atoms with E-state index in [2.05, 4.69) is 29.2 Å². The zero-order valence-corrected chi connectivity index (χ0v) is 19.1. The van der Waals surface area contributed by atoms with Crippen LogP contribution in [0.5, 0.6) is 0 Å². The number of hydrogen-bond donors (Lipinski definition) is 0. The normalized spacial score (nSPS) is 13.5. The van der Waals surface area contributed by atoms with Crippen molar-refractivity contribution in [3.63, 3.8) is 0 Å². The summed E-state index contributed by atoms with van der Waals surface area (Å²) < 4.78 is 5.24. The highest BCUT2D eigenvalue weighted by molar-refractivity contribution is 6.41. The van der Waals surface area contributed by atoms with Gasteiger partial charge in [0.1, 0.15) is 5.15 Å². The summed E-state index contributed by atoms with van der Waals surface area (Å²) >= 11 is 12.9. The molecule has 5 rings (SSSR count). The molecule has 1 amide bonds. The lowest BCUT2D eigenvalue weighted by Crippen LogP contribution is -2.37. The van der Waals surface area contributed by atoms with Gasteiger partial charge in [-0.1, -0.05) is 83.9 Å². The maximum Gasteiger partial charge on any atom is 0.410 e. The SMILES string of the molecule is COC(=O)N(C1c2ccccc2-c2ccccc21)[C@@H](C)c1cc2cccc(Cl)c2c(Cl)n1. The molecule has 0 radical (unpaired) electrons. The molecular weight excluding hydrogens is 443 g/mol. The first-order chi connectivity index (χ1) is 15.5. The number of ether oxygens (including phenoxy) is 1. The largest absolute Gasteiger partial charge is 0.453 e. The lowest BCUT2D eigenvalue weighted by Gasteiger charge is -2.34. The summed E-state index contributed by atoms with van der Waals surface area (Å²) in [5.74, 6) is 0. The van der Waals surface area contributed by atoms with Crippen LogP contribution in [0.4, 0.5) is 4.79 Å². The highest BCUT2D eigenvalue weighted by Crippen LogP contribution is 2.48. The van der Waals surface area contributed by atoms with Gasteiger partial charge in [-0.2, -0.15) is 0 Å².